The van der Waals surface area contributed by atoms with Crippen molar-refractivity contribution in [3.8, 4) is 11.5 Å². The first kappa shape index (κ1) is 14.8. The molecule has 0 bridgehead atoms. The molecule has 1 amide bonds. The van der Waals surface area contributed by atoms with Crippen LogP contribution in [0.1, 0.15) is 23.8 Å². The van der Waals surface area contributed by atoms with Gasteiger partial charge in [0.1, 0.15) is 6.26 Å². The topological polar surface area (TPSA) is 92.4 Å². The molecule has 1 aromatic carbocycles. The van der Waals surface area contributed by atoms with E-state index in [-0.39, 0.29) is 30.5 Å². The molecule has 2 N–H and O–H groups in total. The summed E-state index contributed by atoms with van der Waals surface area (Å²) in [7, 11) is 0. The minimum Gasteiger partial charge on any atom is -0.481 e. The minimum absolute atomic E-state index is 0.00829. The molecule has 0 radical (unpaired) electrons. The Morgan fingerprint density at radius 3 is 2.71 bits per heavy atom. The lowest BCUT2D eigenvalue weighted by Crippen LogP contribution is -2.29. The van der Waals surface area contributed by atoms with Crippen LogP contribution in [-0.2, 0) is 4.79 Å². The number of hydrogen-bond acceptors (Lipinski definition) is 4. The van der Waals surface area contributed by atoms with Gasteiger partial charge >= 0.3 is 5.97 Å². The Bertz CT molecular complexity index is 622. The maximum Gasteiger partial charge on any atom is 0.303 e. The summed E-state index contributed by atoms with van der Waals surface area (Å²) < 4.78 is 5.28. The molecule has 1 aromatic heterocycles. The summed E-state index contributed by atoms with van der Waals surface area (Å²) in [5.41, 5.74) is 0.965. The van der Waals surface area contributed by atoms with E-state index in [0.29, 0.717) is 5.89 Å². The van der Waals surface area contributed by atoms with E-state index in [4.69, 9.17) is 9.52 Å². The molecular formula is C15H16N2O4. The van der Waals surface area contributed by atoms with Gasteiger partial charge in [0.15, 0.2) is 5.69 Å². The Balaban J connectivity index is 1.95. The summed E-state index contributed by atoms with van der Waals surface area (Å²) in [5.74, 6) is -1.03. The van der Waals surface area contributed by atoms with Crippen molar-refractivity contribution in [3.63, 3.8) is 0 Å². The van der Waals surface area contributed by atoms with Crippen molar-refractivity contribution in [2.75, 3.05) is 6.54 Å². The molecule has 1 atom stereocenters. The van der Waals surface area contributed by atoms with Gasteiger partial charge in [0, 0.05) is 18.5 Å². The third kappa shape index (κ3) is 4.17. The van der Waals surface area contributed by atoms with E-state index in [1.807, 2.05) is 30.3 Å². The summed E-state index contributed by atoms with van der Waals surface area (Å²) in [6.07, 6.45) is 1.30. The fourth-order valence-electron chi connectivity index (χ4n) is 1.82. The molecule has 0 fully saturated rings. The van der Waals surface area contributed by atoms with E-state index in [9.17, 15) is 9.59 Å². The Morgan fingerprint density at radius 2 is 2.05 bits per heavy atom. The fraction of sp³-hybridized carbons (Fsp3) is 0.267. The molecule has 0 saturated carbocycles. The first-order valence-corrected chi connectivity index (χ1v) is 6.57. The SMILES string of the molecule is CC(CNC(=O)c1coc(-c2ccccc2)n1)CC(=O)O. The molecule has 0 saturated heterocycles. The van der Waals surface area contributed by atoms with Gasteiger partial charge in [0.05, 0.1) is 0 Å². The van der Waals surface area contributed by atoms with Crippen molar-refractivity contribution in [2.45, 2.75) is 13.3 Å². The minimum atomic E-state index is -0.885. The van der Waals surface area contributed by atoms with Crippen molar-refractivity contribution in [3.05, 3.63) is 42.3 Å². The number of carbonyl (C=O) groups excluding carboxylic acids is 1. The van der Waals surface area contributed by atoms with E-state index in [1.165, 1.54) is 6.26 Å². The van der Waals surface area contributed by atoms with Crippen LogP contribution in [0.4, 0.5) is 0 Å². The second-order valence-electron chi connectivity index (χ2n) is 4.82. The number of rotatable bonds is 6. The van der Waals surface area contributed by atoms with Crippen LogP contribution in [0.3, 0.4) is 0 Å². The number of aromatic nitrogens is 1. The summed E-state index contributed by atoms with van der Waals surface area (Å²) in [5, 5.41) is 11.3. The number of nitrogens with zero attached hydrogens (tertiary/aromatic N) is 1. The van der Waals surface area contributed by atoms with Gasteiger partial charge in [-0.25, -0.2) is 4.98 Å². The zero-order valence-electron chi connectivity index (χ0n) is 11.6. The highest BCUT2D eigenvalue weighted by atomic mass is 16.4. The fourth-order valence-corrected chi connectivity index (χ4v) is 1.82. The number of carbonyl (C=O) groups is 2. The molecule has 1 unspecified atom stereocenters. The molecule has 21 heavy (non-hydrogen) atoms. The number of carboxylic acids is 1. The molecule has 6 nitrogen and oxygen atoms in total. The number of nitrogens with one attached hydrogen (secondary N) is 1. The first-order chi connectivity index (χ1) is 10.1. The predicted molar refractivity (Wildman–Crippen MR) is 75.7 cm³/mol. The summed E-state index contributed by atoms with van der Waals surface area (Å²) in [6.45, 7) is 2.03. The normalized spacial score (nSPS) is 11.9. The molecule has 6 heteroatoms. The van der Waals surface area contributed by atoms with E-state index < -0.39 is 5.97 Å². The molecule has 0 aliphatic rings. The van der Waals surface area contributed by atoms with E-state index >= 15 is 0 Å². The van der Waals surface area contributed by atoms with Gasteiger partial charge in [-0.1, -0.05) is 25.1 Å². The highest BCUT2D eigenvalue weighted by Crippen LogP contribution is 2.17. The van der Waals surface area contributed by atoms with Gasteiger partial charge in [-0.3, -0.25) is 9.59 Å². The van der Waals surface area contributed by atoms with Gasteiger partial charge in [0.2, 0.25) is 5.89 Å². The lowest BCUT2D eigenvalue weighted by atomic mass is 10.1. The molecular weight excluding hydrogens is 272 g/mol. The predicted octanol–water partition coefficient (Wildman–Crippen LogP) is 2.18. The Morgan fingerprint density at radius 1 is 1.33 bits per heavy atom. The third-order valence-electron chi connectivity index (χ3n) is 2.89. The van der Waals surface area contributed by atoms with Crippen molar-refractivity contribution >= 4 is 11.9 Å². The summed E-state index contributed by atoms with van der Waals surface area (Å²) in [6, 6.07) is 9.26. The largest absolute Gasteiger partial charge is 0.481 e. The van der Waals surface area contributed by atoms with Crippen LogP contribution >= 0.6 is 0 Å². The molecule has 0 aliphatic carbocycles. The lowest BCUT2D eigenvalue weighted by Gasteiger charge is -2.08. The number of aliphatic carboxylic acids is 1. The smallest absolute Gasteiger partial charge is 0.303 e. The number of hydrogen-bond donors (Lipinski definition) is 2. The van der Waals surface area contributed by atoms with Crippen LogP contribution in [0.5, 0.6) is 0 Å². The quantitative estimate of drug-likeness (QED) is 0.850. The maximum atomic E-state index is 11.9. The van der Waals surface area contributed by atoms with Gasteiger partial charge in [-0.2, -0.15) is 0 Å². The molecule has 0 aliphatic heterocycles. The third-order valence-corrected chi connectivity index (χ3v) is 2.89. The number of amides is 1. The van der Waals surface area contributed by atoms with Gasteiger partial charge < -0.3 is 14.8 Å². The molecule has 2 rings (SSSR count). The van der Waals surface area contributed by atoms with Gasteiger partial charge in [-0.05, 0) is 18.1 Å². The zero-order chi connectivity index (χ0) is 15.2. The van der Waals surface area contributed by atoms with Crippen molar-refractivity contribution in [2.24, 2.45) is 5.92 Å². The first-order valence-electron chi connectivity index (χ1n) is 6.57. The van der Waals surface area contributed by atoms with Crippen molar-refractivity contribution in [1.29, 1.82) is 0 Å². The molecule has 110 valence electrons. The van der Waals surface area contributed by atoms with E-state index in [2.05, 4.69) is 10.3 Å². The molecule has 1 heterocycles. The Hall–Kier alpha value is -2.63. The number of carboxylic acid groups (broad SMARTS) is 1. The van der Waals surface area contributed by atoms with Crippen LogP contribution in [-0.4, -0.2) is 28.5 Å². The lowest BCUT2D eigenvalue weighted by molar-refractivity contribution is -0.137. The van der Waals surface area contributed by atoms with Crippen molar-refractivity contribution in [1.82, 2.24) is 10.3 Å². The van der Waals surface area contributed by atoms with E-state index in [1.54, 1.807) is 6.92 Å². The molecule has 0 spiro atoms. The monoisotopic (exact) mass is 288 g/mol. The maximum absolute atomic E-state index is 11.9. The summed E-state index contributed by atoms with van der Waals surface area (Å²) >= 11 is 0. The van der Waals surface area contributed by atoms with Crippen LogP contribution in [0.15, 0.2) is 41.0 Å². The standard InChI is InChI=1S/C15H16N2O4/c1-10(7-13(18)19)8-16-14(20)12-9-21-15(17-12)11-5-3-2-4-6-11/h2-6,9-10H,7-8H2,1H3,(H,16,20)(H,18,19). The van der Waals surface area contributed by atoms with Crippen molar-refractivity contribution < 1.29 is 19.1 Å². The van der Waals surface area contributed by atoms with Crippen LogP contribution in [0.2, 0.25) is 0 Å². The molecule has 2 aromatic rings. The highest BCUT2D eigenvalue weighted by Gasteiger charge is 2.15. The van der Waals surface area contributed by atoms with Crippen LogP contribution < -0.4 is 5.32 Å². The van der Waals surface area contributed by atoms with E-state index in [0.717, 1.165) is 5.56 Å². The Kier molecular flexibility index (Phi) is 4.71. The second kappa shape index (κ2) is 6.69. The van der Waals surface area contributed by atoms with Crippen LogP contribution in [0, 0.1) is 5.92 Å². The highest BCUT2D eigenvalue weighted by molar-refractivity contribution is 5.92. The second-order valence-corrected chi connectivity index (χ2v) is 4.82. The average molecular weight is 288 g/mol. The van der Waals surface area contributed by atoms with Crippen LogP contribution in [0.25, 0.3) is 11.5 Å². The van der Waals surface area contributed by atoms with Gasteiger partial charge in [0.25, 0.3) is 5.91 Å². The number of oxazole rings is 1. The van der Waals surface area contributed by atoms with Gasteiger partial charge in [-0.15, -0.1) is 0 Å². The zero-order valence-corrected chi connectivity index (χ0v) is 11.6. The summed E-state index contributed by atoms with van der Waals surface area (Å²) in [4.78, 5) is 26.6. The Labute approximate surface area is 121 Å². The average Bonchev–Trinajstić information content (AvgIpc) is 2.95. The number of benzene rings is 1.